The van der Waals surface area contributed by atoms with Gasteiger partial charge in [-0.15, -0.1) is 0 Å². The predicted octanol–water partition coefficient (Wildman–Crippen LogP) is 4.51. The molecule has 0 atom stereocenters. The Labute approximate surface area is 175 Å². The van der Waals surface area contributed by atoms with Crippen molar-refractivity contribution in [1.82, 2.24) is 0 Å². The Morgan fingerprint density at radius 2 is 1.72 bits per heavy atom. The average molecular weight is 413 g/mol. The number of aliphatic imine (C=N–C) groups is 1. The maximum absolute atomic E-state index is 12.6. The molecule has 0 fully saturated rings. The van der Waals surface area contributed by atoms with Crippen molar-refractivity contribution < 1.29 is 19.0 Å². The van der Waals surface area contributed by atoms with Crippen LogP contribution in [0, 0.1) is 0 Å². The van der Waals surface area contributed by atoms with Crippen LogP contribution in [0.4, 0.5) is 5.69 Å². The summed E-state index contributed by atoms with van der Waals surface area (Å²) in [6, 6.07) is 10.9. The van der Waals surface area contributed by atoms with Gasteiger partial charge in [-0.3, -0.25) is 9.79 Å². The topological polar surface area (TPSA) is 69.2 Å². The molecule has 0 aliphatic carbocycles. The van der Waals surface area contributed by atoms with Gasteiger partial charge in [0.15, 0.2) is 22.4 Å². The number of anilines is 1. The number of ether oxygens (including phenoxy) is 3. The summed E-state index contributed by atoms with van der Waals surface area (Å²) >= 11 is 1.71. The van der Waals surface area contributed by atoms with Crippen molar-refractivity contribution in [3.05, 3.63) is 53.6 Å². The second-order valence-corrected chi connectivity index (χ2v) is 7.32. The lowest BCUT2D eigenvalue weighted by atomic mass is 10.1. The highest BCUT2D eigenvalue weighted by molar-refractivity contribution is 8.14. The molecular formula is C22H24N2O4S. The molecule has 1 aliphatic heterocycles. The first-order valence-electron chi connectivity index (χ1n) is 9.21. The second-order valence-electron chi connectivity index (χ2n) is 6.24. The van der Waals surface area contributed by atoms with Gasteiger partial charge in [-0.05, 0) is 48.9 Å². The Kier molecular flexibility index (Phi) is 7.19. The van der Waals surface area contributed by atoms with Gasteiger partial charge in [0.25, 0.3) is 0 Å². The van der Waals surface area contributed by atoms with Crippen molar-refractivity contribution in [1.29, 1.82) is 0 Å². The number of carbonyl (C=O) groups excluding carboxylic acids is 1. The van der Waals surface area contributed by atoms with Gasteiger partial charge < -0.3 is 19.5 Å². The van der Waals surface area contributed by atoms with Gasteiger partial charge in [-0.2, -0.15) is 0 Å². The monoisotopic (exact) mass is 412 g/mol. The van der Waals surface area contributed by atoms with E-state index in [1.165, 1.54) is 6.08 Å². The normalized spacial score (nSPS) is 13.7. The first-order chi connectivity index (χ1) is 14.1. The summed E-state index contributed by atoms with van der Waals surface area (Å²) in [6.45, 7) is 0.857. The molecule has 0 radical (unpaired) electrons. The minimum atomic E-state index is -0.0993. The number of benzene rings is 2. The van der Waals surface area contributed by atoms with Crippen molar-refractivity contribution in [3.8, 4) is 17.2 Å². The highest BCUT2D eigenvalue weighted by atomic mass is 32.2. The first-order valence-corrected chi connectivity index (χ1v) is 10.2. The lowest BCUT2D eigenvalue weighted by Crippen LogP contribution is -2.13. The van der Waals surface area contributed by atoms with Crippen LogP contribution in [0.3, 0.4) is 0 Å². The summed E-state index contributed by atoms with van der Waals surface area (Å²) in [4.78, 5) is 17.0. The van der Waals surface area contributed by atoms with Crippen molar-refractivity contribution in [3.63, 3.8) is 0 Å². The fourth-order valence-electron chi connectivity index (χ4n) is 2.82. The van der Waals surface area contributed by atoms with E-state index >= 15 is 0 Å². The highest BCUT2D eigenvalue weighted by Gasteiger charge is 2.11. The van der Waals surface area contributed by atoms with Gasteiger partial charge in [0.05, 0.1) is 21.3 Å². The van der Waals surface area contributed by atoms with Crippen LogP contribution in [0.25, 0.3) is 6.08 Å². The quantitative estimate of drug-likeness (QED) is 0.533. The Hall–Kier alpha value is -2.93. The molecule has 1 heterocycles. The van der Waals surface area contributed by atoms with Crippen molar-refractivity contribution in [2.75, 3.05) is 38.9 Å². The van der Waals surface area contributed by atoms with Gasteiger partial charge >= 0.3 is 0 Å². The molecule has 6 nitrogen and oxygen atoms in total. The van der Waals surface area contributed by atoms with Gasteiger partial charge in [-0.1, -0.05) is 11.8 Å². The van der Waals surface area contributed by atoms with E-state index in [-0.39, 0.29) is 5.78 Å². The predicted molar refractivity (Wildman–Crippen MR) is 119 cm³/mol. The van der Waals surface area contributed by atoms with Crippen molar-refractivity contribution >= 4 is 34.5 Å². The minimum absolute atomic E-state index is 0.0993. The Bertz CT molecular complexity index is 923. The van der Waals surface area contributed by atoms with Crippen LogP contribution in [0.15, 0.2) is 47.5 Å². The van der Waals surface area contributed by atoms with Crippen molar-refractivity contribution in [2.45, 2.75) is 6.42 Å². The molecule has 7 heteroatoms. The summed E-state index contributed by atoms with van der Waals surface area (Å²) in [7, 11) is 4.70. The fourth-order valence-corrected chi connectivity index (χ4v) is 3.66. The molecule has 0 saturated heterocycles. The lowest BCUT2D eigenvalue weighted by molar-refractivity contribution is 0.104. The number of rotatable bonds is 7. The number of thioether (sulfide) groups is 1. The van der Waals surface area contributed by atoms with Gasteiger partial charge in [-0.25, -0.2) is 0 Å². The van der Waals surface area contributed by atoms with Crippen LogP contribution < -0.4 is 19.5 Å². The van der Waals surface area contributed by atoms with Crippen LogP contribution in [-0.4, -0.2) is 44.6 Å². The van der Waals surface area contributed by atoms with Crippen molar-refractivity contribution in [2.24, 2.45) is 4.99 Å². The molecule has 0 bridgehead atoms. The van der Waals surface area contributed by atoms with Crippen LogP contribution in [0.5, 0.6) is 17.2 Å². The molecule has 152 valence electrons. The fraction of sp³-hybridized carbons (Fsp3) is 0.273. The molecule has 29 heavy (non-hydrogen) atoms. The number of hydrogen-bond donors (Lipinski definition) is 1. The molecule has 0 amide bonds. The van der Waals surface area contributed by atoms with E-state index in [4.69, 9.17) is 14.2 Å². The zero-order chi connectivity index (χ0) is 20.6. The summed E-state index contributed by atoms with van der Waals surface area (Å²) in [5, 5.41) is 4.21. The van der Waals surface area contributed by atoms with E-state index in [9.17, 15) is 4.79 Å². The summed E-state index contributed by atoms with van der Waals surface area (Å²) in [6.07, 6.45) is 4.34. The number of nitrogens with one attached hydrogen (secondary N) is 1. The third kappa shape index (κ3) is 5.32. The standard InChI is InChI=1S/C22H24N2O4S/c1-26-19-14-21(28-3)20(27-2)13-16(19)7-10-18(25)15-5-8-17(9-6-15)24-22-23-11-4-12-29-22/h5-10,13-14H,4,11-12H2,1-3H3,(H,23,24)/b10-7+. The van der Waals surface area contributed by atoms with Crippen LogP contribution in [0.2, 0.25) is 0 Å². The molecule has 0 saturated carbocycles. The zero-order valence-electron chi connectivity index (χ0n) is 16.7. The smallest absolute Gasteiger partial charge is 0.185 e. The zero-order valence-corrected chi connectivity index (χ0v) is 17.5. The Morgan fingerprint density at radius 3 is 2.34 bits per heavy atom. The van der Waals surface area contributed by atoms with Gasteiger partial charge in [0.1, 0.15) is 5.75 Å². The molecule has 1 N–H and O–H groups in total. The number of carbonyl (C=O) groups is 1. The number of ketones is 1. The molecule has 0 unspecified atom stereocenters. The van der Waals surface area contributed by atoms with E-state index in [1.54, 1.807) is 63.4 Å². The number of hydrogen-bond acceptors (Lipinski definition) is 7. The number of nitrogens with zero attached hydrogens (tertiary/aromatic N) is 1. The number of methoxy groups -OCH3 is 3. The maximum atomic E-state index is 12.6. The second kappa shape index (κ2) is 10.0. The van der Waals surface area contributed by atoms with E-state index in [2.05, 4.69) is 10.3 Å². The van der Waals surface area contributed by atoms with E-state index < -0.39 is 0 Å². The van der Waals surface area contributed by atoms with E-state index in [0.29, 0.717) is 22.8 Å². The SMILES string of the molecule is COc1cc(OC)c(OC)cc1/C=C/C(=O)c1ccc(NC2=NCCCS2)cc1. The van der Waals surface area contributed by atoms with Gasteiger partial charge in [0.2, 0.25) is 0 Å². The van der Waals surface area contributed by atoms with Crippen LogP contribution in [-0.2, 0) is 0 Å². The van der Waals surface area contributed by atoms with Gasteiger partial charge in [0, 0.05) is 35.2 Å². The third-order valence-electron chi connectivity index (χ3n) is 4.37. The maximum Gasteiger partial charge on any atom is 0.185 e. The lowest BCUT2D eigenvalue weighted by Gasteiger charge is -2.13. The van der Waals surface area contributed by atoms with E-state index in [1.807, 2.05) is 12.1 Å². The highest BCUT2D eigenvalue weighted by Crippen LogP contribution is 2.35. The molecule has 2 aromatic carbocycles. The largest absolute Gasteiger partial charge is 0.496 e. The van der Waals surface area contributed by atoms with Crippen LogP contribution in [0.1, 0.15) is 22.3 Å². The molecule has 0 aromatic heterocycles. The number of amidine groups is 1. The average Bonchev–Trinajstić information content (AvgIpc) is 2.78. The molecule has 0 spiro atoms. The third-order valence-corrected chi connectivity index (χ3v) is 5.36. The number of allylic oxidation sites excluding steroid dienone is 1. The molecular weight excluding hydrogens is 388 g/mol. The molecule has 1 aliphatic rings. The Morgan fingerprint density at radius 1 is 1.03 bits per heavy atom. The summed E-state index contributed by atoms with van der Waals surface area (Å²) in [5.74, 6) is 2.71. The van der Waals surface area contributed by atoms with E-state index in [0.717, 1.165) is 35.1 Å². The molecule has 2 aromatic rings. The first kappa shape index (κ1) is 20.8. The molecule has 3 rings (SSSR count). The summed E-state index contributed by atoms with van der Waals surface area (Å²) < 4.78 is 16.0. The minimum Gasteiger partial charge on any atom is -0.496 e. The summed E-state index contributed by atoms with van der Waals surface area (Å²) in [5.41, 5.74) is 2.24. The Balaban J connectivity index is 1.72. The van der Waals surface area contributed by atoms with Crippen LogP contribution >= 0.6 is 11.8 Å².